The van der Waals surface area contributed by atoms with Gasteiger partial charge < -0.3 is 5.32 Å². The lowest BCUT2D eigenvalue weighted by Crippen LogP contribution is -2.51. The van der Waals surface area contributed by atoms with E-state index in [1.807, 2.05) is 6.92 Å². The Morgan fingerprint density at radius 3 is 2.11 bits per heavy atom. The molecule has 1 rings (SSSR count). The Morgan fingerprint density at radius 1 is 1.22 bits per heavy atom. The highest BCUT2D eigenvalue weighted by Gasteiger charge is 2.28. The van der Waals surface area contributed by atoms with E-state index in [2.05, 4.69) is 37.2 Å². The van der Waals surface area contributed by atoms with Crippen molar-refractivity contribution in [2.24, 2.45) is 0 Å². The Bertz CT molecular complexity index is 408. The summed E-state index contributed by atoms with van der Waals surface area (Å²) in [5.74, 6) is -2.02. The van der Waals surface area contributed by atoms with Crippen LogP contribution in [-0.2, 0) is 0 Å². The van der Waals surface area contributed by atoms with Crippen LogP contribution in [0.2, 0.25) is 0 Å². The number of hydrogen-bond acceptors (Lipinski definition) is 1. The van der Waals surface area contributed by atoms with E-state index >= 15 is 0 Å². The zero-order valence-electron chi connectivity index (χ0n) is 9.77. The molecule has 0 radical (unpaired) electrons. The number of halogens is 4. The Labute approximate surface area is 121 Å². The van der Waals surface area contributed by atoms with Crippen LogP contribution in [0.3, 0.4) is 0 Å². The summed E-state index contributed by atoms with van der Waals surface area (Å²) in [7, 11) is 0. The second-order valence-corrected chi connectivity index (χ2v) is 5.13. The minimum absolute atomic E-state index is 0.0211. The molecule has 0 bridgehead atoms. The molecule has 0 aliphatic carbocycles. The van der Waals surface area contributed by atoms with E-state index in [0.717, 1.165) is 18.2 Å². The van der Waals surface area contributed by atoms with Crippen molar-refractivity contribution in [2.45, 2.75) is 18.9 Å². The van der Waals surface area contributed by atoms with Gasteiger partial charge in [0.15, 0.2) is 0 Å². The first kappa shape index (κ1) is 15.6. The van der Waals surface area contributed by atoms with Crippen molar-refractivity contribution >= 4 is 37.8 Å². The fraction of sp³-hybridized carbons (Fsp3) is 0.417. The van der Waals surface area contributed by atoms with Gasteiger partial charge in [-0.3, -0.25) is 4.79 Å². The summed E-state index contributed by atoms with van der Waals surface area (Å²) in [6.07, 6.45) is 0.688. The monoisotopic (exact) mass is 383 g/mol. The third kappa shape index (κ3) is 3.75. The van der Waals surface area contributed by atoms with Gasteiger partial charge in [-0.05, 0) is 18.6 Å². The first-order valence-corrected chi connectivity index (χ1v) is 7.61. The molecule has 1 aromatic rings. The molecule has 100 valence electrons. The third-order valence-corrected chi connectivity index (χ3v) is 4.84. The van der Waals surface area contributed by atoms with E-state index in [4.69, 9.17) is 0 Å². The minimum atomic E-state index is -0.764. The van der Waals surface area contributed by atoms with Crippen LogP contribution in [0.25, 0.3) is 0 Å². The van der Waals surface area contributed by atoms with Crippen LogP contribution in [0.15, 0.2) is 18.2 Å². The maximum Gasteiger partial charge on any atom is 0.251 e. The Morgan fingerprint density at radius 2 is 1.72 bits per heavy atom. The highest BCUT2D eigenvalue weighted by molar-refractivity contribution is 9.09. The zero-order chi connectivity index (χ0) is 13.8. The summed E-state index contributed by atoms with van der Waals surface area (Å²) in [5, 5.41) is 3.88. The molecule has 1 aromatic carbocycles. The van der Waals surface area contributed by atoms with Gasteiger partial charge in [-0.2, -0.15) is 0 Å². The lowest BCUT2D eigenvalue weighted by Gasteiger charge is -2.30. The first-order valence-electron chi connectivity index (χ1n) is 5.37. The number of amides is 1. The number of nitrogens with one attached hydrogen (secondary N) is 1. The van der Waals surface area contributed by atoms with Gasteiger partial charge in [0.25, 0.3) is 5.91 Å². The highest BCUT2D eigenvalue weighted by atomic mass is 79.9. The lowest BCUT2D eigenvalue weighted by molar-refractivity contribution is 0.0914. The molecule has 0 saturated carbocycles. The van der Waals surface area contributed by atoms with Crippen LogP contribution >= 0.6 is 31.9 Å². The average Bonchev–Trinajstić information content (AvgIpc) is 2.35. The summed E-state index contributed by atoms with van der Waals surface area (Å²) in [6, 6.07) is 2.77. The predicted octanol–water partition coefficient (Wildman–Crippen LogP) is 3.63. The molecule has 6 heteroatoms. The van der Waals surface area contributed by atoms with Crippen molar-refractivity contribution < 1.29 is 13.6 Å². The van der Waals surface area contributed by atoms with Crippen molar-refractivity contribution in [3.05, 3.63) is 35.4 Å². The van der Waals surface area contributed by atoms with Crippen LogP contribution in [0.1, 0.15) is 23.7 Å². The van der Waals surface area contributed by atoms with E-state index in [0.29, 0.717) is 17.1 Å². The molecule has 1 amide bonds. The van der Waals surface area contributed by atoms with Gasteiger partial charge in [0.1, 0.15) is 11.6 Å². The number of carbonyl (C=O) groups is 1. The Hall–Kier alpha value is -0.490. The Balaban J connectivity index is 2.94. The van der Waals surface area contributed by atoms with Crippen molar-refractivity contribution in [1.29, 1.82) is 0 Å². The molecule has 0 atom stereocenters. The number of benzene rings is 1. The SMILES string of the molecule is CCC(CBr)(CBr)NC(=O)c1cc(F)cc(F)c1. The molecule has 0 aromatic heterocycles. The second kappa shape index (κ2) is 6.61. The molecule has 2 nitrogen and oxygen atoms in total. The largest absolute Gasteiger partial charge is 0.345 e. The van der Waals surface area contributed by atoms with Crippen LogP contribution in [0.5, 0.6) is 0 Å². The van der Waals surface area contributed by atoms with E-state index in [-0.39, 0.29) is 5.56 Å². The summed E-state index contributed by atoms with van der Waals surface area (Å²) in [5.41, 5.74) is -0.493. The van der Waals surface area contributed by atoms with Crippen molar-refractivity contribution in [3.8, 4) is 0 Å². The quantitative estimate of drug-likeness (QED) is 0.771. The van der Waals surface area contributed by atoms with E-state index in [1.54, 1.807) is 0 Å². The minimum Gasteiger partial charge on any atom is -0.345 e. The van der Waals surface area contributed by atoms with Gasteiger partial charge in [-0.1, -0.05) is 38.8 Å². The molecule has 0 aliphatic rings. The number of carbonyl (C=O) groups excluding carboxylic acids is 1. The fourth-order valence-electron chi connectivity index (χ4n) is 1.38. The molecule has 0 unspecified atom stereocenters. The summed E-state index contributed by atoms with van der Waals surface area (Å²) >= 11 is 6.66. The van der Waals surface area contributed by atoms with Crippen LogP contribution in [-0.4, -0.2) is 22.1 Å². The van der Waals surface area contributed by atoms with E-state index < -0.39 is 23.1 Å². The summed E-state index contributed by atoms with van der Waals surface area (Å²) in [4.78, 5) is 12.0. The molecular weight excluding hydrogens is 372 g/mol. The van der Waals surface area contributed by atoms with Crippen LogP contribution in [0.4, 0.5) is 8.78 Å². The smallest absolute Gasteiger partial charge is 0.251 e. The van der Waals surface area contributed by atoms with Gasteiger partial charge in [-0.25, -0.2) is 8.78 Å². The molecule has 0 fully saturated rings. The standard InChI is InChI=1S/C12H13Br2F2NO/c1-2-12(6-13,7-14)17-11(18)8-3-9(15)5-10(16)4-8/h3-5H,2,6-7H2,1H3,(H,17,18). The molecule has 0 spiro atoms. The molecule has 1 N–H and O–H groups in total. The van der Waals surface area contributed by atoms with Gasteiger partial charge >= 0.3 is 0 Å². The maximum atomic E-state index is 13.0. The van der Waals surface area contributed by atoms with Crippen LogP contribution in [0, 0.1) is 11.6 Å². The lowest BCUT2D eigenvalue weighted by atomic mass is 10.0. The molecule has 18 heavy (non-hydrogen) atoms. The van der Waals surface area contributed by atoms with Crippen LogP contribution < -0.4 is 5.32 Å². The number of rotatable bonds is 5. The average molecular weight is 385 g/mol. The fourth-order valence-corrected chi connectivity index (χ4v) is 3.38. The summed E-state index contributed by atoms with van der Waals surface area (Å²) < 4.78 is 26.1. The predicted molar refractivity (Wildman–Crippen MR) is 74.4 cm³/mol. The van der Waals surface area contributed by atoms with E-state index in [1.165, 1.54) is 0 Å². The topological polar surface area (TPSA) is 29.1 Å². The van der Waals surface area contributed by atoms with Crippen molar-refractivity contribution in [3.63, 3.8) is 0 Å². The molecule has 0 aliphatic heterocycles. The molecule has 0 saturated heterocycles. The van der Waals surface area contributed by atoms with Gasteiger partial charge in [0, 0.05) is 22.3 Å². The maximum absolute atomic E-state index is 13.0. The number of alkyl halides is 2. The first-order chi connectivity index (χ1) is 8.46. The highest BCUT2D eigenvalue weighted by Crippen LogP contribution is 2.18. The van der Waals surface area contributed by atoms with Crippen molar-refractivity contribution in [1.82, 2.24) is 5.32 Å². The zero-order valence-corrected chi connectivity index (χ0v) is 12.9. The van der Waals surface area contributed by atoms with Gasteiger partial charge in [0.2, 0.25) is 0 Å². The second-order valence-electron chi connectivity index (χ2n) is 4.01. The van der Waals surface area contributed by atoms with E-state index in [9.17, 15) is 13.6 Å². The molecular formula is C12H13Br2F2NO. The number of hydrogen-bond donors (Lipinski definition) is 1. The third-order valence-electron chi connectivity index (χ3n) is 2.69. The normalized spacial score (nSPS) is 11.4. The molecule has 0 heterocycles. The van der Waals surface area contributed by atoms with Gasteiger partial charge in [-0.15, -0.1) is 0 Å². The summed E-state index contributed by atoms with van der Waals surface area (Å²) in [6.45, 7) is 1.93. The van der Waals surface area contributed by atoms with Crippen molar-refractivity contribution in [2.75, 3.05) is 10.7 Å². The Kier molecular flexibility index (Phi) is 5.72. The van der Waals surface area contributed by atoms with Gasteiger partial charge in [0.05, 0.1) is 5.54 Å².